The lowest BCUT2D eigenvalue weighted by Crippen LogP contribution is -2.34. The first-order chi connectivity index (χ1) is 15.4. The molecule has 0 radical (unpaired) electrons. The van der Waals surface area contributed by atoms with Crippen molar-refractivity contribution in [1.82, 2.24) is 24.7 Å². The Kier molecular flexibility index (Phi) is 3.42. The van der Waals surface area contributed by atoms with Crippen LogP contribution in [0.1, 0.15) is 4.88 Å². The molecule has 0 spiro atoms. The van der Waals surface area contributed by atoms with Crippen molar-refractivity contribution in [3.63, 3.8) is 0 Å². The second kappa shape index (κ2) is 6.29. The number of thiophene rings is 1. The minimum atomic E-state index is 0.722. The largest absolute Gasteiger partial charge is 0.292 e. The van der Waals surface area contributed by atoms with E-state index in [1.54, 1.807) is 17.7 Å². The van der Waals surface area contributed by atoms with E-state index < -0.39 is 0 Å². The van der Waals surface area contributed by atoms with Crippen LogP contribution in [-0.4, -0.2) is 43.7 Å². The molecule has 31 heavy (non-hydrogen) atoms. The maximum Gasteiger partial charge on any atom is 0.237 e. The molecule has 148 valence electrons. The molecule has 5 aromatic rings. The molecule has 0 atom stereocenters. The normalized spacial score (nSPS) is 14.3. The first kappa shape index (κ1) is 16.8. The molecule has 0 bridgehead atoms. The molecule has 7 rings (SSSR count). The Morgan fingerprint density at radius 3 is 2.45 bits per heavy atom. The number of anilines is 1. The summed E-state index contributed by atoms with van der Waals surface area (Å²) in [4.78, 5) is 19.0. The lowest BCUT2D eigenvalue weighted by atomic mass is 10.1. The van der Waals surface area contributed by atoms with Gasteiger partial charge in [0.25, 0.3) is 0 Å². The Morgan fingerprint density at radius 1 is 0.871 bits per heavy atom. The van der Waals surface area contributed by atoms with E-state index in [0.29, 0.717) is 0 Å². The topological polar surface area (TPSA) is 72.1 Å². The summed E-state index contributed by atoms with van der Waals surface area (Å²) in [6.07, 6.45) is 1.77. The van der Waals surface area contributed by atoms with Crippen molar-refractivity contribution in [2.75, 3.05) is 18.0 Å². The molecule has 0 aliphatic carbocycles. The van der Waals surface area contributed by atoms with Crippen LogP contribution in [0.15, 0.2) is 72.0 Å². The molecule has 0 fully saturated rings. The first-order valence-corrected chi connectivity index (χ1v) is 10.9. The number of rotatable bonds is 2. The fourth-order valence-corrected chi connectivity index (χ4v) is 5.48. The zero-order valence-corrected chi connectivity index (χ0v) is 17.1. The second-order valence-corrected chi connectivity index (χ2v) is 8.44. The van der Waals surface area contributed by atoms with Crippen molar-refractivity contribution in [2.24, 2.45) is 4.99 Å². The molecule has 3 aromatic heterocycles. The highest BCUT2D eigenvalue weighted by Gasteiger charge is 2.36. The molecule has 2 aliphatic heterocycles. The van der Waals surface area contributed by atoms with Crippen LogP contribution < -0.4 is 4.90 Å². The number of hydrogen-bond acceptors (Lipinski definition) is 7. The van der Waals surface area contributed by atoms with Gasteiger partial charge in [-0.1, -0.05) is 60.7 Å². The average molecular weight is 421 g/mol. The standard InChI is InChI=1S/C23H15N7S/c1-3-7-14(8-4-1)17-16-18-19(21-24-11-12-29(21)23-28-25-13-30(18)23)31-22(16)27-20(26-17)15-9-5-2-6-10-15/h1-10,13H,11-12H2. The number of benzene rings is 2. The van der Waals surface area contributed by atoms with Crippen molar-refractivity contribution in [2.45, 2.75) is 0 Å². The lowest BCUT2D eigenvalue weighted by molar-refractivity contribution is 0.927. The SMILES string of the molecule is c1ccc(-c2nc(-c3ccccc3)c3c4c(sc3n2)C2=NCCN2c2nncn2-4)cc1. The number of aliphatic imine (C=N–C) groups is 1. The second-order valence-electron chi connectivity index (χ2n) is 7.45. The molecular weight excluding hydrogens is 406 g/mol. The predicted octanol–water partition coefficient (Wildman–Crippen LogP) is 4.19. The first-order valence-electron chi connectivity index (χ1n) is 10.1. The zero-order chi connectivity index (χ0) is 20.4. The van der Waals surface area contributed by atoms with Gasteiger partial charge in [-0.15, -0.1) is 21.5 Å². The molecule has 0 saturated carbocycles. The van der Waals surface area contributed by atoms with E-state index in [0.717, 1.165) is 68.3 Å². The van der Waals surface area contributed by atoms with Gasteiger partial charge in [-0.25, -0.2) is 9.97 Å². The average Bonchev–Trinajstić information content (AvgIpc) is 3.56. The molecule has 8 heteroatoms. The molecule has 2 aliphatic rings. The Labute approximate surface area is 181 Å². The van der Waals surface area contributed by atoms with Crippen molar-refractivity contribution in [3.05, 3.63) is 71.9 Å². The van der Waals surface area contributed by atoms with Gasteiger partial charge in [0.1, 0.15) is 17.0 Å². The van der Waals surface area contributed by atoms with Gasteiger partial charge >= 0.3 is 0 Å². The number of hydrogen-bond donors (Lipinski definition) is 0. The molecule has 0 amide bonds. The van der Waals surface area contributed by atoms with E-state index in [4.69, 9.17) is 15.0 Å². The van der Waals surface area contributed by atoms with Gasteiger partial charge in [-0.05, 0) is 0 Å². The third-order valence-electron chi connectivity index (χ3n) is 5.66. The number of amidine groups is 1. The van der Waals surface area contributed by atoms with Gasteiger partial charge in [-0.2, -0.15) is 0 Å². The Morgan fingerprint density at radius 2 is 1.65 bits per heavy atom. The zero-order valence-electron chi connectivity index (χ0n) is 16.3. The molecule has 0 N–H and O–H groups in total. The summed E-state index contributed by atoms with van der Waals surface area (Å²) in [5, 5.41) is 9.59. The van der Waals surface area contributed by atoms with Gasteiger partial charge in [0.15, 0.2) is 5.82 Å². The summed E-state index contributed by atoms with van der Waals surface area (Å²) in [5.41, 5.74) is 3.99. The highest BCUT2D eigenvalue weighted by Crippen LogP contribution is 2.44. The van der Waals surface area contributed by atoms with Gasteiger partial charge in [0, 0.05) is 17.7 Å². The molecule has 2 aromatic carbocycles. The van der Waals surface area contributed by atoms with E-state index in [1.165, 1.54) is 0 Å². The summed E-state index contributed by atoms with van der Waals surface area (Å²) in [5.74, 6) is 2.48. The van der Waals surface area contributed by atoms with E-state index in [2.05, 4.69) is 31.8 Å². The summed E-state index contributed by atoms with van der Waals surface area (Å²) in [6.45, 7) is 1.57. The maximum atomic E-state index is 5.05. The highest BCUT2D eigenvalue weighted by molar-refractivity contribution is 7.21. The van der Waals surface area contributed by atoms with Crippen LogP contribution in [0.4, 0.5) is 5.95 Å². The number of nitrogens with zero attached hydrogens (tertiary/aromatic N) is 7. The molecular formula is C23H15N7S. The molecule has 5 heterocycles. The Bertz CT molecular complexity index is 1480. The van der Waals surface area contributed by atoms with Gasteiger partial charge in [0.2, 0.25) is 5.95 Å². The minimum Gasteiger partial charge on any atom is -0.292 e. The molecule has 0 unspecified atom stereocenters. The molecule has 0 saturated heterocycles. The summed E-state index contributed by atoms with van der Waals surface area (Å²) in [6, 6.07) is 20.4. The monoisotopic (exact) mass is 421 g/mol. The van der Waals surface area contributed by atoms with Crippen molar-refractivity contribution >= 4 is 33.3 Å². The van der Waals surface area contributed by atoms with E-state index in [9.17, 15) is 0 Å². The summed E-state index contributed by atoms with van der Waals surface area (Å²) in [7, 11) is 0. The van der Waals surface area contributed by atoms with Crippen LogP contribution >= 0.6 is 11.3 Å². The third kappa shape index (κ3) is 2.36. The fraction of sp³-hybridized carbons (Fsp3) is 0.0870. The Balaban J connectivity index is 1.61. The maximum absolute atomic E-state index is 5.05. The summed E-state index contributed by atoms with van der Waals surface area (Å²) >= 11 is 1.66. The Hall–Kier alpha value is -3.91. The van der Waals surface area contributed by atoms with Crippen LogP contribution in [0.2, 0.25) is 0 Å². The van der Waals surface area contributed by atoms with E-state index in [-0.39, 0.29) is 0 Å². The quantitative estimate of drug-likeness (QED) is 0.427. The smallest absolute Gasteiger partial charge is 0.237 e. The summed E-state index contributed by atoms with van der Waals surface area (Å²) < 4.78 is 2.05. The minimum absolute atomic E-state index is 0.722. The third-order valence-corrected chi connectivity index (χ3v) is 6.73. The lowest BCUT2D eigenvalue weighted by Gasteiger charge is -2.25. The number of fused-ring (bicyclic) bond motifs is 8. The van der Waals surface area contributed by atoms with Crippen molar-refractivity contribution in [3.8, 4) is 28.3 Å². The van der Waals surface area contributed by atoms with Crippen LogP contribution in [-0.2, 0) is 0 Å². The fourth-order valence-electron chi connectivity index (χ4n) is 4.30. The van der Waals surface area contributed by atoms with Crippen molar-refractivity contribution < 1.29 is 0 Å². The predicted molar refractivity (Wildman–Crippen MR) is 122 cm³/mol. The number of aromatic nitrogens is 5. The van der Waals surface area contributed by atoms with Crippen LogP contribution in [0.5, 0.6) is 0 Å². The highest BCUT2D eigenvalue weighted by atomic mass is 32.1. The van der Waals surface area contributed by atoms with Gasteiger partial charge < -0.3 is 0 Å². The van der Waals surface area contributed by atoms with E-state index in [1.807, 2.05) is 48.5 Å². The van der Waals surface area contributed by atoms with Crippen LogP contribution in [0.25, 0.3) is 38.5 Å². The van der Waals surface area contributed by atoms with Crippen LogP contribution in [0.3, 0.4) is 0 Å². The molecule has 7 nitrogen and oxygen atoms in total. The van der Waals surface area contributed by atoms with Gasteiger partial charge in [0.05, 0.1) is 28.2 Å². The van der Waals surface area contributed by atoms with E-state index >= 15 is 0 Å². The van der Waals surface area contributed by atoms with Crippen molar-refractivity contribution in [1.29, 1.82) is 0 Å². The van der Waals surface area contributed by atoms with Crippen LogP contribution in [0, 0.1) is 0 Å². The van der Waals surface area contributed by atoms with Gasteiger partial charge in [-0.3, -0.25) is 14.5 Å².